The summed E-state index contributed by atoms with van der Waals surface area (Å²) in [6.07, 6.45) is 3.59. The van der Waals surface area contributed by atoms with Crippen molar-refractivity contribution in [3.05, 3.63) is 22.4 Å². The molecule has 0 spiro atoms. The van der Waals surface area contributed by atoms with Gasteiger partial charge in [-0.3, -0.25) is 4.90 Å². The minimum absolute atomic E-state index is 0.692. The first kappa shape index (κ1) is 14.0. The van der Waals surface area contributed by atoms with Crippen molar-refractivity contribution in [3.63, 3.8) is 0 Å². The second-order valence-electron chi connectivity index (χ2n) is 4.08. The normalized spacial score (nSPS) is 11.6. The number of halogens is 1. The third-order valence-electron chi connectivity index (χ3n) is 3.10. The van der Waals surface area contributed by atoms with Gasteiger partial charge in [-0.1, -0.05) is 13.8 Å². The van der Waals surface area contributed by atoms with Crippen LogP contribution in [0.5, 0.6) is 0 Å². The Morgan fingerprint density at radius 1 is 1.31 bits per heavy atom. The van der Waals surface area contributed by atoms with Crippen LogP contribution in [0.25, 0.3) is 0 Å². The summed E-state index contributed by atoms with van der Waals surface area (Å²) < 4.78 is 0. The van der Waals surface area contributed by atoms with Crippen molar-refractivity contribution in [2.45, 2.75) is 39.2 Å². The van der Waals surface area contributed by atoms with Crippen molar-refractivity contribution < 1.29 is 0 Å². The van der Waals surface area contributed by atoms with E-state index >= 15 is 0 Å². The molecule has 1 aromatic rings. The van der Waals surface area contributed by atoms with Crippen LogP contribution in [0.3, 0.4) is 0 Å². The average molecular weight is 260 g/mol. The van der Waals surface area contributed by atoms with Crippen LogP contribution >= 0.6 is 22.9 Å². The lowest BCUT2D eigenvalue weighted by molar-refractivity contribution is 0.199. The van der Waals surface area contributed by atoms with Crippen LogP contribution in [0.15, 0.2) is 16.8 Å². The molecule has 0 saturated heterocycles. The molecule has 1 rings (SSSR count). The van der Waals surface area contributed by atoms with E-state index in [9.17, 15) is 0 Å². The van der Waals surface area contributed by atoms with Crippen LogP contribution in [0.1, 0.15) is 32.3 Å². The highest BCUT2D eigenvalue weighted by Gasteiger charge is 2.13. The van der Waals surface area contributed by atoms with Gasteiger partial charge in [-0.15, -0.1) is 11.6 Å². The summed E-state index contributed by atoms with van der Waals surface area (Å²) in [6.45, 7) is 6.67. The number of rotatable bonds is 8. The fourth-order valence-corrected chi connectivity index (χ4v) is 3.02. The zero-order valence-electron chi connectivity index (χ0n) is 10.3. The third-order valence-corrected chi connectivity index (χ3v) is 4.00. The summed E-state index contributed by atoms with van der Waals surface area (Å²) in [6, 6.07) is 2.91. The van der Waals surface area contributed by atoms with Gasteiger partial charge in [-0.25, -0.2) is 0 Å². The van der Waals surface area contributed by atoms with E-state index in [0.717, 1.165) is 25.4 Å². The quantitative estimate of drug-likeness (QED) is 0.638. The van der Waals surface area contributed by atoms with Crippen molar-refractivity contribution in [1.29, 1.82) is 0 Å². The smallest absolute Gasteiger partial charge is 0.0351 e. The molecule has 0 saturated carbocycles. The molecular weight excluding hydrogens is 238 g/mol. The van der Waals surface area contributed by atoms with Crippen LogP contribution in [-0.2, 0) is 6.42 Å². The summed E-state index contributed by atoms with van der Waals surface area (Å²) in [5.41, 5.74) is 1.45. The maximum absolute atomic E-state index is 5.88. The Labute approximate surface area is 108 Å². The van der Waals surface area contributed by atoms with Crippen LogP contribution in [-0.4, -0.2) is 29.9 Å². The van der Waals surface area contributed by atoms with E-state index in [2.05, 4.69) is 35.6 Å². The number of thiophene rings is 1. The molecule has 0 aliphatic heterocycles. The fourth-order valence-electron chi connectivity index (χ4n) is 2.10. The van der Waals surface area contributed by atoms with Gasteiger partial charge in [-0.2, -0.15) is 11.3 Å². The molecule has 0 aromatic carbocycles. The highest BCUT2D eigenvalue weighted by atomic mass is 35.5. The van der Waals surface area contributed by atoms with Gasteiger partial charge in [0.1, 0.15) is 0 Å². The van der Waals surface area contributed by atoms with E-state index in [-0.39, 0.29) is 0 Å². The second kappa shape index (κ2) is 8.10. The van der Waals surface area contributed by atoms with Crippen LogP contribution in [0.4, 0.5) is 0 Å². The molecule has 0 radical (unpaired) electrons. The minimum atomic E-state index is 0.692. The lowest BCUT2D eigenvalue weighted by atomic mass is 10.1. The molecule has 16 heavy (non-hydrogen) atoms. The summed E-state index contributed by atoms with van der Waals surface area (Å²) in [4.78, 5) is 2.53. The Bertz CT molecular complexity index is 257. The van der Waals surface area contributed by atoms with Gasteiger partial charge in [0.25, 0.3) is 0 Å². The number of hydrogen-bond donors (Lipinski definition) is 0. The molecule has 0 fully saturated rings. The van der Waals surface area contributed by atoms with Gasteiger partial charge in [0.15, 0.2) is 0 Å². The zero-order valence-corrected chi connectivity index (χ0v) is 11.9. The van der Waals surface area contributed by atoms with Gasteiger partial charge in [0.05, 0.1) is 0 Å². The average Bonchev–Trinajstić information content (AvgIpc) is 2.80. The lowest BCUT2D eigenvalue weighted by Gasteiger charge is -2.29. The first-order chi connectivity index (χ1) is 7.81. The standard InChI is InChI=1S/C13H22ClNS/c1-3-13(4-2)15(9-7-14)8-5-12-6-10-16-11-12/h6,10-11,13H,3-5,7-9H2,1-2H3. The summed E-state index contributed by atoms with van der Waals surface area (Å²) in [5.74, 6) is 0.736. The van der Waals surface area contributed by atoms with Gasteiger partial charge in [0, 0.05) is 25.0 Å². The molecule has 1 heterocycles. The number of alkyl halides is 1. The maximum Gasteiger partial charge on any atom is 0.0351 e. The molecule has 0 N–H and O–H groups in total. The molecule has 0 unspecified atom stereocenters. The van der Waals surface area contributed by atoms with Gasteiger partial charge >= 0.3 is 0 Å². The first-order valence-corrected chi connectivity index (χ1v) is 7.60. The Balaban J connectivity index is 2.43. The van der Waals surface area contributed by atoms with Gasteiger partial charge in [0.2, 0.25) is 0 Å². The molecule has 0 aliphatic rings. The highest BCUT2D eigenvalue weighted by molar-refractivity contribution is 7.07. The zero-order chi connectivity index (χ0) is 11.8. The van der Waals surface area contributed by atoms with Crippen LogP contribution in [0, 0.1) is 0 Å². The van der Waals surface area contributed by atoms with Crippen molar-refractivity contribution in [2.75, 3.05) is 19.0 Å². The summed E-state index contributed by atoms with van der Waals surface area (Å²) in [5, 5.41) is 4.39. The molecular formula is C13H22ClNS. The fraction of sp³-hybridized carbons (Fsp3) is 0.692. The molecule has 0 aliphatic carbocycles. The van der Waals surface area contributed by atoms with E-state index in [1.54, 1.807) is 11.3 Å². The topological polar surface area (TPSA) is 3.24 Å². The minimum Gasteiger partial charge on any atom is -0.299 e. The number of hydrogen-bond acceptors (Lipinski definition) is 2. The molecule has 1 nitrogen and oxygen atoms in total. The molecule has 0 atom stereocenters. The predicted molar refractivity (Wildman–Crippen MR) is 74.7 cm³/mol. The van der Waals surface area contributed by atoms with Crippen LogP contribution < -0.4 is 0 Å². The molecule has 0 amide bonds. The second-order valence-corrected chi connectivity index (χ2v) is 5.23. The Morgan fingerprint density at radius 2 is 2.06 bits per heavy atom. The van der Waals surface area contributed by atoms with Crippen molar-refractivity contribution in [3.8, 4) is 0 Å². The summed E-state index contributed by atoms with van der Waals surface area (Å²) in [7, 11) is 0. The molecule has 92 valence electrons. The summed E-state index contributed by atoms with van der Waals surface area (Å²) >= 11 is 7.66. The SMILES string of the molecule is CCC(CC)N(CCCl)CCc1ccsc1. The van der Waals surface area contributed by atoms with Crippen LogP contribution in [0.2, 0.25) is 0 Å². The monoisotopic (exact) mass is 259 g/mol. The first-order valence-electron chi connectivity index (χ1n) is 6.12. The highest BCUT2D eigenvalue weighted by Crippen LogP contribution is 2.12. The van der Waals surface area contributed by atoms with E-state index < -0.39 is 0 Å². The van der Waals surface area contributed by atoms with E-state index in [1.807, 2.05) is 0 Å². The predicted octanol–water partition coefficient (Wildman–Crippen LogP) is 4.02. The Morgan fingerprint density at radius 3 is 2.56 bits per heavy atom. The van der Waals surface area contributed by atoms with Crippen molar-refractivity contribution >= 4 is 22.9 Å². The lowest BCUT2D eigenvalue weighted by Crippen LogP contribution is -2.37. The number of nitrogens with zero attached hydrogens (tertiary/aromatic N) is 1. The Kier molecular flexibility index (Phi) is 7.10. The molecule has 1 aromatic heterocycles. The van der Waals surface area contributed by atoms with E-state index in [1.165, 1.54) is 18.4 Å². The van der Waals surface area contributed by atoms with Crippen molar-refractivity contribution in [1.82, 2.24) is 4.90 Å². The van der Waals surface area contributed by atoms with Gasteiger partial charge < -0.3 is 0 Å². The third kappa shape index (κ3) is 4.44. The maximum atomic E-state index is 5.88. The van der Waals surface area contributed by atoms with E-state index in [0.29, 0.717) is 6.04 Å². The largest absolute Gasteiger partial charge is 0.299 e. The van der Waals surface area contributed by atoms with Gasteiger partial charge in [-0.05, 0) is 41.7 Å². The molecule has 0 bridgehead atoms. The molecule has 3 heteroatoms. The van der Waals surface area contributed by atoms with E-state index in [4.69, 9.17) is 11.6 Å². The Hall–Kier alpha value is -0.0500. The van der Waals surface area contributed by atoms with Crippen molar-refractivity contribution in [2.24, 2.45) is 0 Å².